The molecule has 1 amide bonds. The zero-order chi connectivity index (χ0) is 22.7. The van der Waals surface area contributed by atoms with Gasteiger partial charge in [-0.1, -0.05) is 41.9 Å². The second-order valence-electron chi connectivity index (χ2n) is 7.52. The van der Waals surface area contributed by atoms with Gasteiger partial charge in [0.1, 0.15) is 11.0 Å². The monoisotopic (exact) mass is 453 g/mol. The van der Waals surface area contributed by atoms with Crippen molar-refractivity contribution in [3.63, 3.8) is 0 Å². The van der Waals surface area contributed by atoms with Crippen LogP contribution < -0.4 is 5.32 Å². The number of hydrogen-bond acceptors (Lipinski definition) is 4. The molecular formula is C24H21ClFN3O3. The Kier molecular flexibility index (Phi) is 6.37. The molecule has 32 heavy (non-hydrogen) atoms. The highest BCUT2D eigenvalue weighted by Gasteiger charge is 2.30. The fourth-order valence-corrected chi connectivity index (χ4v) is 3.50. The van der Waals surface area contributed by atoms with E-state index in [1.807, 2.05) is 6.07 Å². The molecule has 6 nitrogen and oxygen atoms in total. The first-order chi connectivity index (χ1) is 15.4. The smallest absolute Gasteiger partial charge is 0.331 e. The van der Waals surface area contributed by atoms with Crippen LogP contribution in [0, 0.1) is 12.7 Å². The minimum Gasteiger partial charge on any atom is -0.444 e. The van der Waals surface area contributed by atoms with E-state index in [1.165, 1.54) is 29.0 Å². The molecule has 1 heterocycles. The van der Waals surface area contributed by atoms with Gasteiger partial charge < -0.3 is 10.1 Å². The molecule has 164 valence electrons. The first-order valence-electron chi connectivity index (χ1n) is 10.2. The maximum absolute atomic E-state index is 13.2. The summed E-state index contributed by atoms with van der Waals surface area (Å²) in [4.78, 5) is 25.2. The van der Waals surface area contributed by atoms with E-state index in [0.29, 0.717) is 22.5 Å². The lowest BCUT2D eigenvalue weighted by Gasteiger charge is -2.17. The molecule has 0 spiro atoms. The molecule has 0 aliphatic heterocycles. The van der Waals surface area contributed by atoms with Gasteiger partial charge in [-0.05, 0) is 50.1 Å². The van der Waals surface area contributed by atoms with E-state index in [-0.39, 0.29) is 22.9 Å². The molecule has 0 saturated heterocycles. The molecule has 8 heteroatoms. The summed E-state index contributed by atoms with van der Waals surface area (Å²) in [5.74, 6) is -1.40. The van der Waals surface area contributed by atoms with Gasteiger partial charge in [0.25, 0.3) is 5.91 Å². The summed E-state index contributed by atoms with van der Waals surface area (Å²) in [5.41, 5.74) is 2.27. The Hall–Kier alpha value is -3.45. The van der Waals surface area contributed by atoms with E-state index in [2.05, 4.69) is 10.4 Å². The minimum atomic E-state index is -1.05. The highest BCUT2D eigenvalue weighted by molar-refractivity contribution is 6.31. The molecule has 1 fully saturated rings. The van der Waals surface area contributed by atoms with Crippen LogP contribution in [0.25, 0.3) is 11.8 Å². The Bertz CT molecular complexity index is 1160. The van der Waals surface area contributed by atoms with Gasteiger partial charge in [-0.25, -0.2) is 13.9 Å². The SMILES string of the molecule is Cc1nn(-c2ccc(F)cc2)c(Cl)c1/C=C/C(=O)OC(C(=O)NC1CC1)c1ccccc1. The van der Waals surface area contributed by atoms with Gasteiger partial charge in [0.05, 0.1) is 11.4 Å². The number of aryl methyl sites for hydroxylation is 1. The maximum atomic E-state index is 13.2. The highest BCUT2D eigenvalue weighted by atomic mass is 35.5. The van der Waals surface area contributed by atoms with Gasteiger partial charge in [-0.15, -0.1) is 0 Å². The van der Waals surface area contributed by atoms with Crippen molar-refractivity contribution in [3.8, 4) is 5.69 Å². The molecule has 4 rings (SSSR count). The van der Waals surface area contributed by atoms with Crippen LogP contribution in [0.3, 0.4) is 0 Å². The predicted octanol–water partition coefficient (Wildman–Crippen LogP) is 4.55. The number of ether oxygens (including phenoxy) is 1. The largest absolute Gasteiger partial charge is 0.444 e. The zero-order valence-electron chi connectivity index (χ0n) is 17.3. The highest BCUT2D eigenvalue weighted by Crippen LogP contribution is 2.26. The Balaban J connectivity index is 1.51. The van der Waals surface area contributed by atoms with Crippen LogP contribution in [0.4, 0.5) is 4.39 Å². The van der Waals surface area contributed by atoms with Crippen LogP contribution in [-0.2, 0) is 14.3 Å². The second kappa shape index (κ2) is 9.36. The minimum absolute atomic E-state index is 0.140. The summed E-state index contributed by atoms with van der Waals surface area (Å²) < 4.78 is 20.1. The van der Waals surface area contributed by atoms with E-state index in [4.69, 9.17) is 16.3 Å². The number of carbonyl (C=O) groups excluding carboxylic acids is 2. The quantitative estimate of drug-likeness (QED) is 0.421. The molecule has 1 N–H and O–H groups in total. The standard InChI is InChI=1S/C24H21ClFN3O3/c1-15-20(23(25)29(28-15)19-11-7-17(26)8-12-19)13-14-21(30)32-22(16-5-3-2-4-6-16)24(31)27-18-9-10-18/h2-8,11-14,18,22H,9-10H2,1H3,(H,27,31)/b14-13+. The van der Waals surface area contributed by atoms with Crippen LogP contribution in [0.2, 0.25) is 5.15 Å². The Morgan fingerprint density at radius 1 is 1.19 bits per heavy atom. The van der Waals surface area contributed by atoms with Crippen molar-refractivity contribution < 1.29 is 18.7 Å². The average Bonchev–Trinajstić information content (AvgIpc) is 3.56. The summed E-state index contributed by atoms with van der Waals surface area (Å²) in [6, 6.07) is 14.7. The summed E-state index contributed by atoms with van der Waals surface area (Å²) in [6.45, 7) is 1.74. The van der Waals surface area contributed by atoms with Gasteiger partial charge >= 0.3 is 5.97 Å². The Labute approximate surface area is 189 Å². The molecule has 1 aliphatic rings. The third kappa shape index (κ3) is 5.06. The normalized spacial score (nSPS) is 14.3. The van der Waals surface area contributed by atoms with Crippen molar-refractivity contribution in [2.75, 3.05) is 0 Å². The maximum Gasteiger partial charge on any atom is 0.331 e. The van der Waals surface area contributed by atoms with Gasteiger partial charge in [0, 0.05) is 23.2 Å². The molecule has 3 aromatic rings. The van der Waals surface area contributed by atoms with Gasteiger partial charge in [0.15, 0.2) is 0 Å². The molecule has 0 radical (unpaired) electrons. The van der Waals surface area contributed by atoms with Crippen molar-refractivity contribution in [1.29, 1.82) is 0 Å². The fourth-order valence-electron chi connectivity index (χ4n) is 3.17. The van der Waals surface area contributed by atoms with E-state index in [1.54, 1.807) is 43.3 Å². The van der Waals surface area contributed by atoms with Crippen LogP contribution in [0.5, 0.6) is 0 Å². The molecule has 1 aromatic heterocycles. The molecule has 0 bridgehead atoms. The summed E-state index contributed by atoms with van der Waals surface area (Å²) in [7, 11) is 0. The van der Waals surface area contributed by atoms with E-state index < -0.39 is 12.1 Å². The number of benzene rings is 2. The van der Waals surface area contributed by atoms with E-state index >= 15 is 0 Å². The van der Waals surface area contributed by atoms with Crippen molar-refractivity contribution in [2.45, 2.75) is 31.9 Å². The predicted molar refractivity (Wildman–Crippen MR) is 119 cm³/mol. The lowest BCUT2D eigenvalue weighted by molar-refractivity contribution is -0.151. The topological polar surface area (TPSA) is 73.2 Å². The van der Waals surface area contributed by atoms with Gasteiger partial charge in [-0.2, -0.15) is 5.10 Å². The number of rotatable bonds is 7. The average molecular weight is 454 g/mol. The molecule has 1 atom stereocenters. The Morgan fingerprint density at radius 3 is 2.53 bits per heavy atom. The summed E-state index contributed by atoms with van der Waals surface area (Å²) >= 11 is 6.44. The van der Waals surface area contributed by atoms with Crippen LogP contribution in [0.1, 0.15) is 35.8 Å². The summed E-state index contributed by atoms with van der Waals surface area (Å²) in [6.07, 6.45) is 3.51. The Morgan fingerprint density at radius 2 is 1.88 bits per heavy atom. The van der Waals surface area contributed by atoms with E-state index in [0.717, 1.165) is 12.8 Å². The second-order valence-corrected chi connectivity index (χ2v) is 7.88. The third-order valence-electron chi connectivity index (χ3n) is 5.00. The number of halogens is 2. The van der Waals surface area contributed by atoms with Crippen molar-refractivity contribution in [2.24, 2.45) is 0 Å². The van der Waals surface area contributed by atoms with Crippen LogP contribution >= 0.6 is 11.6 Å². The number of carbonyl (C=O) groups is 2. The lowest BCUT2D eigenvalue weighted by atomic mass is 10.1. The molecular weight excluding hydrogens is 433 g/mol. The van der Waals surface area contributed by atoms with Gasteiger partial charge in [0.2, 0.25) is 6.10 Å². The van der Waals surface area contributed by atoms with Gasteiger partial charge in [-0.3, -0.25) is 4.79 Å². The number of nitrogens with one attached hydrogen (secondary N) is 1. The number of amides is 1. The first-order valence-corrected chi connectivity index (χ1v) is 10.6. The number of aromatic nitrogens is 2. The number of hydrogen-bond donors (Lipinski definition) is 1. The molecule has 1 saturated carbocycles. The first kappa shape index (κ1) is 21.8. The number of nitrogens with zero attached hydrogens (tertiary/aromatic N) is 2. The van der Waals surface area contributed by atoms with E-state index in [9.17, 15) is 14.0 Å². The summed E-state index contributed by atoms with van der Waals surface area (Å²) in [5, 5.41) is 7.50. The third-order valence-corrected chi connectivity index (χ3v) is 5.37. The van der Waals surface area contributed by atoms with Crippen LogP contribution in [-0.4, -0.2) is 27.7 Å². The van der Waals surface area contributed by atoms with Crippen LogP contribution in [0.15, 0.2) is 60.7 Å². The molecule has 2 aromatic carbocycles. The van der Waals surface area contributed by atoms with Crippen molar-refractivity contribution in [3.05, 3.63) is 88.5 Å². The molecule has 1 aliphatic carbocycles. The number of esters is 1. The van der Waals surface area contributed by atoms with Crippen molar-refractivity contribution >= 4 is 29.6 Å². The van der Waals surface area contributed by atoms with Crippen molar-refractivity contribution in [1.82, 2.24) is 15.1 Å². The fraction of sp³-hybridized carbons (Fsp3) is 0.208. The molecule has 1 unspecified atom stereocenters. The zero-order valence-corrected chi connectivity index (χ0v) is 18.1. The lowest BCUT2D eigenvalue weighted by Crippen LogP contribution is -2.33.